The van der Waals surface area contributed by atoms with E-state index in [0.717, 1.165) is 36.1 Å². The lowest BCUT2D eigenvalue weighted by molar-refractivity contribution is -0.137. The SMILES string of the molecule is CCOCc1nn2c(-c3cccc(C(F)(F)F)c3)cc(N3CCCC3CO)nc2c1-c1ccc(OC)cc1. The van der Waals surface area contributed by atoms with Gasteiger partial charge in [-0.15, -0.1) is 0 Å². The molecule has 2 aromatic carbocycles. The zero-order valence-corrected chi connectivity index (χ0v) is 21.2. The minimum atomic E-state index is -4.49. The molecule has 1 fully saturated rings. The quantitative estimate of drug-likeness (QED) is 0.323. The summed E-state index contributed by atoms with van der Waals surface area (Å²) in [6.45, 7) is 3.22. The van der Waals surface area contributed by atoms with Crippen molar-refractivity contribution < 1.29 is 27.8 Å². The predicted molar refractivity (Wildman–Crippen MR) is 138 cm³/mol. The van der Waals surface area contributed by atoms with Gasteiger partial charge in [0.2, 0.25) is 0 Å². The van der Waals surface area contributed by atoms with Gasteiger partial charge in [-0.2, -0.15) is 18.3 Å². The van der Waals surface area contributed by atoms with E-state index in [-0.39, 0.29) is 19.3 Å². The summed E-state index contributed by atoms with van der Waals surface area (Å²) in [6, 6.07) is 14.3. The Morgan fingerprint density at radius 2 is 1.87 bits per heavy atom. The van der Waals surface area contributed by atoms with E-state index in [0.29, 0.717) is 47.3 Å². The molecule has 0 saturated carbocycles. The molecule has 2 aromatic heterocycles. The highest BCUT2D eigenvalue weighted by Crippen LogP contribution is 2.37. The number of aliphatic hydroxyl groups is 1. The van der Waals surface area contributed by atoms with Gasteiger partial charge in [-0.25, -0.2) is 9.50 Å². The molecule has 38 heavy (non-hydrogen) atoms. The van der Waals surface area contributed by atoms with Crippen molar-refractivity contribution in [2.24, 2.45) is 0 Å². The zero-order valence-electron chi connectivity index (χ0n) is 21.2. The Balaban J connectivity index is 1.79. The maximum atomic E-state index is 13.6. The van der Waals surface area contributed by atoms with Gasteiger partial charge in [-0.3, -0.25) is 0 Å². The topological polar surface area (TPSA) is 72.1 Å². The highest BCUT2D eigenvalue weighted by atomic mass is 19.4. The second kappa shape index (κ2) is 10.6. The average molecular weight is 527 g/mol. The van der Waals surface area contributed by atoms with Crippen molar-refractivity contribution in [1.29, 1.82) is 0 Å². The van der Waals surface area contributed by atoms with Crippen LogP contribution in [0.15, 0.2) is 54.6 Å². The molecule has 0 radical (unpaired) electrons. The van der Waals surface area contributed by atoms with Gasteiger partial charge in [0.1, 0.15) is 11.6 Å². The Morgan fingerprint density at radius 1 is 1.08 bits per heavy atom. The number of nitrogens with zero attached hydrogens (tertiary/aromatic N) is 4. The van der Waals surface area contributed by atoms with Crippen LogP contribution in [0.1, 0.15) is 31.0 Å². The van der Waals surface area contributed by atoms with Gasteiger partial charge in [-0.05, 0) is 49.6 Å². The number of benzene rings is 2. The summed E-state index contributed by atoms with van der Waals surface area (Å²) in [6.07, 6.45) is -2.79. The second-order valence-electron chi connectivity index (χ2n) is 9.17. The first kappa shape index (κ1) is 26.0. The van der Waals surface area contributed by atoms with Crippen molar-refractivity contribution in [2.75, 3.05) is 31.8 Å². The van der Waals surface area contributed by atoms with Crippen LogP contribution in [-0.2, 0) is 17.5 Å². The molecule has 1 N–H and O–H groups in total. The average Bonchev–Trinajstić information content (AvgIpc) is 3.55. The molecule has 1 aliphatic rings. The van der Waals surface area contributed by atoms with Gasteiger partial charge in [0.15, 0.2) is 5.65 Å². The second-order valence-corrected chi connectivity index (χ2v) is 9.17. The Morgan fingerprint density at radius 3 is 2.55 bits per heavy atom. The van der Waals surface area contributed by atoms with E-state index < -0.39 is 11.7 Å². The standard InChI is InChI=1S/C28H29F3N4O3/c1-3-38-17-23-26(18-9-11-22(37-2)12-10-18)27-32-25(34-13-5-8-21(34)16-36)15-24(35(27)33-23)19-6-4-7-20(14-19)28(29,30)31/h4,6-7,9-12,14-15,21,36H,3,5,8,13,16-17H2,1-2H3. The fourth-order valence-electron chi connectivity index (χ4n) is 4.94. The largest absolute Gasteiger partial charge is 0.497 e. The Bertz CT molecular complexity index is 1420. The van der Waals surface area contributed by atoms with Gasteiger partial charge in [0.05, 0.1) is 48.9 Å². The Labute approximate surface area is 218 Å². The highest BCUT2D eigenvalue weighted by Gasteiger charge is 2.32. The molecule has 0 amide bonds. The number of halogens is 3. The molecule has 0 spiro atoms. The van der Waals surface area contributed by atoms with Crippen molar-refractivity contribution in [3.63, 3.8) is 0 Å². The smallest absolute Gasteiger partial charge is 0.416 e. The van der Waals surface area contributed by atoms with E-state index in [1.807, 2.05) is 36.1 Å². The minimum Gasteiger partial charge on any atom is -0.497 e. The summed E-state index contributed by atoms with van der Waals surface area (Å²) in [5, 5.41) is 14.8. The predicted octanol–water partition coefficient (Wildman–Crippen LogP) is 5.59. The number of ether oxygens (including phenoxy) is 2. The van der Waals surface area contributed by atoms with Crippen LogP contribution >= 0.6 is 0 Å². The summed E-state index contributed by atoms with van der Waals surface area (Å²) in [5.74, 6) is 1.27. The Kier molecular flexibility index (Phi) is 7.27. The van der Waals surface area contributed by atoms with Crippen LogP contribution in [0.25, 0.3) is 28.0 Å². The lowest BCUT2D eigenvalue weighted by Crippen LogP contribution is -2.32. The first-order valence-corrected chi connectivity index (χ1v) is 12.5. The minimum absolute atomic E-state index is 0.0358. The van der Waals surface area contributed by atoms with Gasteiger partial charge < -0.3 is 19.5 Å². The molecule has 1 atom stereocenters. The number of rotatable bonds is 8. The maximum Gasteiger partial charge on any atom is 0.416 e. The zero-order chi connectivity index (χ0) is 26.9. The van der Waals surface area contributed by atoms with Gasteiger partial charge in [0.25, 0.3) is 0 Å². The van der Waals surface area contributed by atoms with Crippen LogP contribution in [-0.4, -0.2) is 52.6 Å². The van der Waals surface area contributed by atoms with Gasteiger partial charge in [-0.1, -0.05) is 24.3 Å². The molecule has 0 aliphatic carbocycles. The van der Waals surface area contributed by atoms with Crippen molar-refractivity contribution in [3.8, 4) is 28.1 Å². The van der Waals surface area contributed by atoms with Crippen molar-refractivity contribution >= 4 is 11.5 Å². The lowest BCUT2D eigenvalue weighted by atomic mass is 10.0. The number of fused-ring (bicyclic) bond motifs is 1. The third-order valence-electron chi connectivity index (χ3n) is 6.84. The van der Waals surface area contributed by atoms with Crippen molar-refractivity contribution in [1.82, 2.24) is 14.6 Å². The number of anilines is 1. The van der Waals surface area contributed by atoms with Crippen LogP contribution in [0.4, 0.5) is 19.0 Å². The molecule has 1 saturated heterocycles. The van der Waals surface area contributed by atoms with Crippen LogP contribution < -0.4 is 9.64 Å². The van der Waals surface area contributed by atoms with E-state index in [4.69, 9.17) is 19.6 Å². The fourth-order valence-corrected chi connectivity index (χ4v) is 4.94. The van der Waals surface area contributed by atoms with E-state index in [1.54, 1.807) is 23.8 Å². The molecule has 200 valence electrons. The van der Waals surface area contributed by atoms with E-state index in [2.05, 4.69) is 0 Å². The van der Waals surface area contributed by atoms with E-state index in [9.17, 15) is 18.3 Å². The summed E-state index contributed by atoms with van der Waals surface area (Å²) < 4.78 is 53.5. The molecule has 7 nitrogen and oxygen atoms in total. The van der Waals surface area contributed by atoms with Crippen LogP contribution in [0.2, 0.25) is 0 Å². The lowest BCUT2D eigenvalue weighted by Gasteiger charge is -2.25. The molecule has 1 unspecified atom stereocenters. The molecule has 10 heteroatoms. The summed E-state index contributed by atoms with van der Waals surface area (Å²) in [5.41, 5.74) is 2.77. The van der Waals surface area contributed by atoms with E-state index in [1.165, 1.54) is 6.07 Å². The number of hydrogen-bond donors (Lipinski definition) is 1. The van der Waals surface area contributed by atoms with Gasteiger partial charge >= 0.3 is 6.18 Å². The van der Waals surface area contributed by atoms with Crippen LogP contribution in [0.3, 0.4) is 0 Å². The van der Waals surface area contributed by atoms with Crippen LogP contribution in [0, 0.1) is 0 Å². The van der Waals surface area contributed by atoms with Crippen molar-refractivity contribution in [2.45, 2.75) is 38.6 Å². The molecule has 5 rings (SSSR count). The maximum absolute atomic E-state index is 13.6. The molecular formula is C28H29F3N4O3. The number of hydrogen-bond acceptors (Lipinski definition) is 6. The monoisotopic (exact) mass is 526 g/mol. The molecule has 1 aliphatic heterocycles. The third kappa shape index (κ3) is 4.93. The van der Waals surface area contributed by atoms with E-state index >= 15 is 0 Å². The molecule has 4 aromatic rings. The summed E-state index contributed by atoms with van der Waals surface area (Å²) in [4.78, 5) is 6.98. The van der Waals surface area contributed by atoms with Crippen LogP contribution in [0.5, 0.6) is 5.75 Å². The van der Waals surface area contributed by atoms with Gasteiger partial charge in [0, 0.05) is 24.8 Å². The molecule has 0 bridgehead atoms. The normalized spacial score (nSPS) is 15.9. The third-order valence-corrected chi connectivity index (χ3v) is 6.84. The number of alkyl halides is 3. The highest BCUT2D eigenvalue weighted by molar-refractivity contribution is 5.83. The molecular weight excluding hydrogens is 497 g/mol. The summed E-state index contributed by atoms with van der Waals surface area (Å²) >= 11 is 0. The first-order chi connectivity index (χ1) is 18.3. The number of aromatic nitrogens is 3. The first-order valence-electron chi connectivity index (χ1n) is 12.5. The molecule has 3 heterocycles. The fraction of sp³-hybridized carbons (Fsp3) is 0.357. The number of aliphatic hydroxyl groups excluding tert-OH is 1. The number of methoxy groups -OCH3 is 1. The Hall–Kier alpha value is -3.63. The van der Waals surface area contributed by atoms with Crippen molar-refractivity contribution in [3.05, 3.63) is 65.9 Å². The summed E-state index contributed by atoms with van der Waals surface area (Å²) in [7, 11) is 1.59.